The lowest BCUT2D eigenvalue weighted by atomic mass is 10.1. The molecule has 1 aromatic carbocycles. The van der Waals surface area contributed by atoms with Gasteiger partial charge in [-0.05, 0) is 24.8 Å². The van der Waals surface area contributed by atoms with Crippen molar-refractivity contribution in [3.05, 3.63) is 35.1 Å². The molecule has 0 unspecified atom stereocenters. The van der Waals surface area contributed by atoms with Crippen molar-refractivity contribution >= 4 is 5.84 Å². The molecule has 0 bridgehead atoms. The van der Waals surface area contributed by atoms with Crippen molar-refractivity contribution in [2.75, 3.05) is 6.54 Å². The predicted molar refractivity (Wildman–Crippen MR) is 77.2 cm³/mol. The minimum Gasteiger partial charge on any atom is -0.409 e. The van der Waals surface area contributed by atoms with Gasteiger partial charge < -0.3 is 10.9 Å². The van der Waals surface area contributed by atoms with E-state index in [-0.39, 0.29) is 11.7 Å². The summed E-state index contributed by atoms with van der Waals surface area (Å²) in [6, 6.07) is 5.33. The van der Waals surface area contributed by atoms with E-state index in [1.165, 1.54) is 18.9 Å². The summed E-state index contributed by atoms with van der Waals surface area (Å²) in [7, 11) is 0. The van der Waals surface area contributed by atoms with E-state index in [0.29, 0.717) is 29.6 Å². The van der Waals surface area contributed by atoms with Crippen molar-refractivity contribution in [2.24, 2.45) is 16.8 Å². The zero-order chi connectivity index (χ0) is 14.7. The molecule has 110 valence electrons. The maximum absolute atomic E-state index is 14.1. The van der Waals surface area contributed by atoms with Gasteiger partial charge in [-0.3, -0.25) is 4.90 Å². The monoisotopic (exact) mass is 279 g/mol. The molecule has 0 amide bonds. The summed E-state index contributed by atoms with van der Waals surface area (Å²) >= 11 is 0. The van der Waals surface area contributed by atoms with Crippen LogP contribution in [0, 0.1) is 11.7 Å². The van der Waals surface area contributed by atoms with Crippen molar-refractivity contribution < 1.29 is 9.60 Å². The lowest BCUT2D eigenvalue weighted by Crippen LogP contribution is -2.30. The fourth-order valence-corrected chi connectivity index (χ4v) is 2.36. The van der Waals surface area contributed by atoms with Gasteiger partial charge in [0.2, 0.25) is 0 Å². The molecule has 1 aliphatic carbocycles. The van der Waals surface area contributed by atoms with Crippen molar-refractivity contribution in [1.82, 2.24) is 4.90 Å². The van der Waals surface area contributed by atoms with E-state index >= 15 is 0 Å². The molecule has 0 aromatic heterocycles. The van der Waals surface area contributed by atoms with Gasteiger partial charge in [-0.15, -0.1) is 0 Å². The van der Waals surface area contributed by atoms with Crippen LogP contribution in [-0.4, -0.2) is 28.5 Å². The standard InChI is InChI=1S/C15H22FN3O/c1-10(2)8-19(13-5-6-13)9-12-4-3-11(7-14(12)16)15(17)18-20/h3-4,7,10,13,20H,5-6,8-9H2,1-2H3,(H2,17,18). The molecule has 1 aromatic rings. The summed E-state index contributed by atoms with van der Waals surface area (Å²) in [5.41, 5.74) is 6.52. The van der Waals surface area contributed by atoms with Crippen LogP contribution in [-0.2, 0) is 6.54 Å². The number of oxime groups is 1. The molecule has 0 aliphatic heterocycles. The number of rotatable bonds is 6. The highest BCUT2D eigenvalue weighted by atomic mass is 19.1. The molecule has 1 fully saturated rings. The van der Waals surface area contributed by atoms with E-state index in [1.807, 2.05) is 0 Å². The Morgan fingerprint density at radius 1 is 1.50 bits per heavy atom. The number of halogens is 1. The first-order valence-electron chi connectivity index (χ1n) is 7.01. The molecular formula is C15H22FN3O. The Bertz CT molecular complexity index is 498. The van der Waals surface area contributed by atoms with Crippen LogP contribution < -0.4 is 5.73 Å². The second-order valence-electron chi connectivity index (χ2n) is 5.85. The summed E-state index contributed by atoms with van der Waals surface area (Å²) in [5.74, 6) is 0.190. The number of hydrogen-bond acceptors (Lipinski definition) is 3. The summed E-state index contributed by atoms with van der Waals surface area (Å²) in [5, 5.41) is 11.5. The van der Waals surface area contributed by atoms with Crippen LogP contribution in [0.4, 0.5) is 4.39 Å². The van der Waals surface area contributed by atoms with Gasteiger partial charge in [0.1, 0.15) is 5.82 Å². The third kappa shape index (κ3) is 3.70. The van der Waals surface area contributed by atoms with Gasteiger partial charge >= 0.3 is 0 Å². The second kappa shape index (κ2) is 6.22. The van der Waals surface area contributed by atoms with Crippen LogP contribution in [0.25, 0.3) is 0 Å². The Hall–Kier alpha value is -1.62. The lowest BCUT2D eigenvalue weighted by molar-refractivity contribution is 0.223. The quantitative estimate of drug-likeness (QED) is 0.364. The Kier molecular flexibility index (Phi) is 4.60. The smallest absolute Gasteiger partial charge is 0.170 e. The van der Waals surface area contributed by atoms with Crippen molar-refractivity contribution in [2.45, 2.75) is 39.3 Å². The number of amidine groups is 1. The summed E-state index contributed by atoms with van der Waals surface area (Å²) in [4.78, 5) is 2.34. The first-order chi connectivity index (χ1) is 9.51. The van der Waals surface area contributed by atoms with Crippen LogP contribution >= 0.6 is 0 Å². The van der Waals surface area contributed by atoms with Crippen LogP contribution in [0.5, 0.6) is 0 Å². The maximum atomic E-state index is 14.1. The van der Waals surface area contributed by atoms with E-state index in [2.05, 4.69) is 23.9 Å². The third-order valence-electron chi connectivity index (χ3n) is 3.49. The van der Waals surface area contributed by atoms with Crippen LogP contribution in [0.15, 0.2) is 23.4 Å². The normalized spacial score (nSPS) is 16.1. The van der Waals surface area contributed by atoms with Gasteiger partial charge in [0.15, 0.2) is 5.84 Å². The van der Waals surface area contributed by atoms with Crippen LogP contribution in [0.1, 0.15) is 37.8 Å². The van der Waals surface area contributed by atoms with Crippen molar-refractivity contribution in [3.63, 3.8) is 0 Å². The Labute approximate surface area is 119 Å². The summed E-state index contributed by atoms with van der Waals surface area (Å²) in [6.45, 7) is 5.94. The molecule has 0 saturated heterocycles. The molecule has 3 N–H and O–H groups in total. The number of benzene rings is 1. The fraction of sp³-hybridized carbons (Fsp3) is 0.533. The first kappa shape index (κ1) is 14.8. The molecular weight excluding hydrogens is 257 g/mol. The van der Waals surface area contributed by atoms with Gasteiger partial charge in [-0.25, -0.2) is 4.39 Å². The molecule has 20 heavy (non-hydrogen) atoms. The van der Waals surface area contributed by atoms with E-state index in [9.17, 15) is 4.39 Å². The third-order valence-corrected chi connectivity index (χ3v) is 3.49. The van der Waals surface area contributed by atoms with E-state index < -0.39 is 0 Å². The zero-order valence-corrected chi connectivity index (χ0v) is 12.0. The topological polar surface area (TPSA) is 61.8 Å². The largest absolute Gasteiger partial charge is 0.409 e. The number of nitrogens with zero attached hydrogens (tertiary/aromatic N) is 2. The van der Waals surface area contributed by atoms with Crippen LogP contribution in [0.2, 0.25) is 0 Å². The van der Waals surface area contributed by atoms with Gasteiger partial charge in [0.05, 0.1) is 0 Å². The molecule has 5 heteroatoms. The van der Waals surface area contributed by atoms with Gasteiger partial charge in [0, 0.05) is 30.3 Å². The molecule has 2 rings (SSSR count). The first-order valence-corrected chi connectivity index (χ1v) is 7.01. The zero-order valence-electron chi connectivity index (χ0n) is 12.0. The Morgan fingerprint density at radius 3 is 2.70 bits per heavy atom. The molecule has 4 nitrogen and oxygen atoms in total. The highest BCUT2D eigenvalue weighted by Gasteiger charge is 2.29. The summed E-state index contributed by atoms with van der Waals surface area (Å²) < 4.78 is 14.1. The SMILES string of the molecule is CC(C)CN(Cc1ccc(C(N)=NO)cc1F)C1CC1. The van der Waals surface area contributed by atoms with Gasteiger partial charge in [-0.1, -0.05) is 31.1 Å². The molecule has 0 radical (unpaired) electrons. The van der Waals surface area contributed by atoms with Gasteiger partial charge in [0.25, 0.3) is 0 Å². The number of nitrogens with two attached hydrogens (primary N) is 1. The van der Waals surface area contributed by atoms with E-state index in [1.54, 1.807) is 12.1 Å². The van der Waals surface area contributed by atoms with Crippen molar-refractivity contribution in [1.29, 1.82) is 0 Å². The fourth-order valence-electron chi connectivity index (χ4n) is 2.36. The minimum absolute atomic E-state index is 0.0725. The molecule has 0 spiro atoms. The van der Waals surface area contributed by atoms with Crippen molar-refractivity contribution in [3.8, 4) is 0 Å². The minimum atomic E-state index is -0.302. The predicted octanol–water partition coefficient (Wildman–Crippen LogP) is 2.54. The molecule has 1 saturated carbocycles. The molecule has 0 heterocycles. The highest BCUT2D eigenvalue weighted by molar-refractivity contribution is 5.97. The van der Waals surface area contributed by atoms with Gasteiger partial charge in [-0.2, -0.15) is 0 Å². The Balaban J connectivity index is 2.12. The van der Waals surface area contributed by atoms with Crippen LogP contribution in [0.3, 0.4) is 0 Å². The lowest BCUT2D eigenvalue weighted by Gasteiger charge is -2.24. The highest BCUT2D eigenvalue weighted by Crippen LogP contribution is 2.29. The molecule has 1 aliphatic rings. The average Bonchev–Trinajstić information content (AvgIpc) is 3.23. The molecule has 0 atom stereocenters. The summed E-state index contributed by atoms with van der Waals surface area (Å²) in [6.07, 6.45) is 2.41. The van der Waals surface area contributed by atoms with E-state index in [4.69, 9.17) is 10.9 Å². The van der Waals surface area contributed by atoms with E-state index in [0.717, 1.165) is 6.54 Å². The maximum Gasteiger partial charge on any atom is 0.170 e. The second-order valence-corrected chi connectivity index (χ2v) is 5.85. The number of hydrogen-bond donors (Lipinski definition) is 2. The Morgan fingerprint density at radius 2 is 2.20 bits per heavy atom. The average molecular weight is 279 g/mol.